The summed E-state index contributed by atoms with van der Waals surface area (Å²) < 4.78 is 0. The Morgan fingerprint density at radius 3 is 2.61 bits per heavy atom. The smallest absolute Gasteiger partial charge is 0.254 e. The zero-order chi connectivity index (χ0) is 16.2. The van der Waals surface area contributed by atoms with Crippen LogP contribution in [0.4, 0.5) is 0 Å². The molecule has 1 aliphatic rings. The Morgan fingerprint density at radius 1 is 1.09 bits per heavy atom. The van der Waals surface area contributed by atoms with E-state index in [-0.39, 0.29) is 5.91 Å². The molecule has 23 heavy (non-hydrogen) atoms. The van der Waals surface area contributed by atoms with E-state index >= 15 is 0 Å². The lowest BCUT2D eigenvalue weighted by Gasteiger charge is -2.22. The Bertz CT molecular complexity index is 708. The van der Waals surface area contributed by atoms with Crippen molar-refractivity contribution >= 4 is 5.91 Å². The minimum atomic E-state index is 0.0776. The molecular weight excluding hydrogens is 286 g/mol. The number of carbonyl (C=O) groups excluding carboxylic acids is 1. The van der Waals surface area contributed by atoms with Crippen LogP contribution in [0.2, 0.25) is 0 Å². The number of benzene rings is 1. The molecule has 0 radical (unpaired) electrons. The number of fused-ring (bicyclic) bond motifs is 1. The van der Waals surface area contributed by atoms with E-state index < -0.39 is 0 Å². The summed E-state index contributed by atoms with van der Waals surface area (Å²) in [6, 6.07) is 7.82. The van der Waals surface area contributed by atoms with Gasteiger partial charge >= 0.3 is 0 Å². The lowest BCUT2D eigenvalue weighted by atomic mass is 9.90. The molecule has 120 valence electrons. The van der Waals surface area contributed by atoms with Crippen molar-refractivity contribution in [2.75, 3.05) is 13.1 Å². The van der Waals surface area contributed by atoms with Crippen molar-refractivity contribution in [1.29, 1.82) is 0 Å². The number of hydrogen-bond acceptors (Lipinski definition) is 3. The zero-order valence-corrected chi connectivity index (χ0v) is 13.9. The van der Waals surface area contributed by atoms with Gasteiger partial charge in [0.05, 0.1) is 5.69 Å². The molecule has 1 amide bonds. The van der Waals surface area contributed by atoms with Crippen molar-refractivity contribution in [3.05, 3.63) is 47.4 Å². The van der Waals surface area contributed by atoms with Gasteiger partial charge < -0.3 is 4.90 Å². The normalized spacial score (nSPS) is 13.5. The molecule has 1 aromatic heterocycles. The molecule has 0 N–H and O–H groups in total. The van der Waals surface area contributed by atoms with E-state index in [1.165, 1.54) is 18.4 Å². The zero-order valence-electron chi connectivity index (χ0n) is 13.9. The van der Waals surface area contributed by atoms with Crippen LogP contribution in [0.25, 0.3) is 11.3 Å². The van der Waals surface area contributed by atoms with Gasteiger partial charge in [-0.25, -0.2) is 9.97 Å². The first kappa shape index (κ1) is 15.7. The highest BCUT2D eigenvalue weighted by Gasteiger charge is 2.22. The third-order valence-corrected chi connectivity index (χ3v) is 4.59. The fourth-order valence-electron chi connectivity index (χ4n) is 3.31. The van der Waals surface area contributed by atoms with Crippen molar-refractivity contribution in [2.45, 2.75) is 39.5 Å². The first-order valence-corrected chi connectivity index (χ1v) is 8.47. The summed E-state index contributed by atoms with van der Waals surface area (Å²) in [4.78, 5) is 23.7. The maximum atomic E-state index is 12.9. The maximum Gasteiger partial charge on any atom is 0.254 e. The van der Waals surface area contributed by atoms with Gasteiger partial charge in [-0.1, -0.05) is 18.2 Å². The van der Waals surface area contributed by atoms with Crippen LogP contribution in [-0.4, -0.2) is 33.9 Å². The van der Waals surface area contributed by atoms with E-state index in [1.807, 2.05) is 43.0 Å². The third-order valence-electron chi connectivity index (χ3n) is 4.59. The van der Waals surface area contributed by atoms with E-state index in [0.717, 1.165) is 35.4 Å². The second-order valence-electron chi connectivity index (χ2n) is 5.88. The summed E-state index contributed by atoms with van der Waals surface area (Å²) in [6.07, 6.45) is 6.00. The van der Waals surface area contributed by atoms with E-state index in [2.05, 4.69) is 9.97 Å². The summed E-state index contributed by atoms with van der Waals surface area (Å²) in [5.74, 6) is 0.0776. The van der Waals surface area contributed by atoms with Gasteiger partial charge in [0.1, 0.15) is 6.33 Å². The lowest BCUT2D eigenvalue weighted by molar-refractivity contribution is 0.0773. The highest BCUT2D eigenvalue weighted by molar-refractivity contribution is 6.00. The van der Waals surface area contributed by atoms with Crippen molar-refractivity contribution in [2.24, 2.45) is 0 Å². The maximum absolute atomic E-state index is 12.9. The molecule has 0 fully saturated rings. The molecule has 0 atom stereocenters. The van der Waals surface area contributed by atoms with Gasteiger partial charge in [-0.2, -0.15) is 0 Å². The molecule has 0 aliphatic heterocycles. The highest BCUT2D eigenvalue weighted by atomic mass is 16.2. The highest BCUT2D eigenvalue weighted by Crippen LogP contribution is 2.31. The second-order valence-corrected chi connectivity index (χ2v) is 5.88. The lowest BCUT2D eigenvalue weighted by Crippen LogP contribution is -2.31. The van der Waals surface area contributed by atoms with Crippen LogP contribution in [0, 0.1) is 0 Å². The molecular formula is C19H23N3O. The van der Waals surface area contributed by atoms with E-state index in [0.29, 0.717) is 13.1 Å². The molecule has 3 rings (SSSR count). The summed E-state index contributed by atoms with van der Waals surface area (Å²) >= 11 is 0. The SMILES string of the molecule is CCN(CC)C(=O)c1ccccc1-c1ncnc2c1CCCC2. The van der Waals surface area contributed by atoms with Crippen molar-refractivity contribution < 1.29 is 4.79 Å². The quantitative estimate of drug-likeness (QED) is 0.868. The Kier molecular flexibility index (Phi) is 4.70. The fourth-order valence-corrected chi connectivity index (χ4v) is 3.31. The van der Waals surface area contributed by atoms with Crippen LogP contribution < -0.4 is 0 Å². The van der Waals surface area contributed by atoms with Gasteiger partial charge in [-0.3, -0.25) is 4.79 Å². The molecule has 1 heterocycles. The first-order valence-electron chi connectivity index (χ1n) is 8.47. The molecule has 1 aromatic carbocycles. The van der Waals surface area contributed by atoms with Gasteiger partial charge in [0.25, 0.3) is 5.91 Å². The van der Waals surface area contributed by atoms with Gasteiger partial charge in [0.2, 0.25) is 0 Å². The fraction of sp³-hybridized carbons (Fsp3) is 0.421. The van der Waals surface area contributed by atoms with Gasteiger partial charge in [-0.05, 0) is 45.6 Å². The molecule has 4 nitrogen and oxygen atoms in total. The first-order chi connectivity index (χ1) is 11.3. The Labute approximate surface area is 137 Å². The Balaban J connectivity index is 2.10. The predicted octanol–water partition coefficient (Wildman–Crippen LogP) is 3.50. The molecule has 1 aliphatic carbocycles. The Morgan fingerprint density at radius 2 is 1.83 bits per heavy atom. The van der Waals surface area contributed by atoms with E-state index in [9.17, 15) is 4.79 Å². The van der Waals surface area contributed by atoms with Gasteiger partial charge in [-0.15, -0.1) is 0 Å². The van der Waals surface area contributed by atoms with Crippen LogP contribution in [0.5, 0.6) is 0 Å². The van der Waals surface area contributed by atoms with Crippen LogP contribution in [0.1, 0.15) is 48.3 Å². The Hall–Kier alpha value is -2.23. The molecule has 0 saturated carbocycles. The minimum absolute atomic E-state index is 0.0776. The number of carbonyl (C=O) groups is 1. The van der Waals surface area contributed by atoms with E-state index in [4.69, 9.17) is 0 Å². The second kappa shape index (κ2) is 6.90. The predicted molar refractivity (Wildman–Crippen MR) is 91.4 cm³/mol. The molecule has 0 spiro atoms. The van der Waals surface area contributed by atoms with E-state index in [1.54, 1.807) is 6.33 Å². The number of amides is 1. The average Bonchev–Trinajstić information content (AvgIpc) is 2.62. The molecule has 4 heteroatoms. The summed E-state index contributed by atoms with van der Waals surface area (Å²) in [7, 11) is 0. The number of rotatable bonds is 4. The van der Waals surface area contributed by atoms with Gasteiger partial charge in [0, 0.05) is 35.5 Å². The average molecular weight is 309 g/mol. The van der Waals surface area contributed by atoms with Crippen LogP contribution in [0.15, 0.2) is 30.6 Å². The standard InChI is InChI=1S/C19H23N3O/c1-3-22(4-2)19(23)15-10-6-5-9-14(15)18-16-11-7-8-12-17(16)20-13-21-18/h5-6,9-10,13H,3-4,7-8,11-12H2,1-2H3. The summed E-state index contributed by atoms with van der Waals surface area (Å²) in [5, 5.41) is 0. The molecule has 0 bridgehead atoms. The summed E-state index contributed by atoms with van der Waals surface area (Å²) in [6.45, 7) is 5.45. The molecule has 0 unspecified atom stereocenters. The topological polar surface area (TPSA) is 46.1 Å². The minimum Gasteiger partial charge on any atom is -0.339 e. The van der Waals surface area contributed by atoms with Crippen LogP contribution >= 0.6 is 0 Å². The largest absolute Gasteiger partial charge is 0.339 e. The third kappa shape index (κ3) is 2.98. The summed E-state index contributed by atoms with van der Waals surface area (Å²) in [5.41, 5.74) is 4.98. The van der Waals surface area contributed by atoms with Crippen molar-refractivity contribution in [3.8, 4) is 11.3 Å². The number of hydrogen-bond donors (Lipinski definition) is 0. The molecule has 2 aromatic rings. The number of nitrogens with zero attached hydrogens (tertiary/aromatic N) is 3. The van der Waals surface area contributed by atoms with Crippen LogP contribution in [-0.2, 0) is 12.8 Å². The van der Waals surface area contributed by atoms with Crippen LogP contribution in [0.3, 0.4) is 0 Å². The van der Waals surface area contributed by atoms with Gasteiger partial charge in [0.15, 0.2) is 0 Å². The number of aryl methyl sites for hydroxylation is 1. The monoisotopic (exact) mass is 309 g/mol. The van der Waals surface area contributed by atoms with Crippen molar-refractivity contribution in [1.82, 2.24) is 14.9 Å². The number of aromatic nitrogens is 2. The van der Waals surface area contributed by atoms with Crippen molar-refractivity contribution in [3.63, 3.8) is 0 Å². The molecule has 0 saturated heterocycles.